The summed E-state index contributed by atoms with van der Waals surface area (Å²) in [6.07, 6.45) is 1.97. The summed E-state index contributed by atoms with van der Waals surface area (Å²) in [6.45, 7) is 0. The molecule has 1 aromatic rings. The van der Waals surface area contributed by atoms with Crippen LogP contribution in [0.3, 0.4) is 0 Å². The van der Waals surface area contributed by atoms with Crippen LogP contribution < -0.4 is 5.73 Å². The molecule has 0 amide bonds. The normalized spacial score (nSPS) is 21.8. The van der Waals surface area contributed by atoms with Crippen LogP contribution in [0, 0.1) is 0 Å². The van der Waals surface area contributed by atoms with Crippen molar-refractivity contribution < 1.29 is 0 Å². The van der Waals surface area contributed by atoms with Crippen molar-refractivity contribution in [1.82, 2.24) is 4.98 Å². The molecule has 3 heteroatoms. The maximum absolute atomic E-state index is 5.81. The zero-order chi connectivity index (χ0) is 7.84. The van der Waals surface area contributed by atoms with Crippen LogP contribution in [0.4, 0.5) is 0 Å². The van der Waals surface area contributed by atoms with Gasteiger partial charge in [0.15, 0.2) is 0 Å². The first-order valence-electron chi connectivity index (χ1n) is 3.68. The number of aryl methyl sites for hydroxylation is 1. The summed E-state index contributed by atoms with van der Waals surface area (Å²) >= 11 is 5.72. The number of aromatic nitrogens is 1. The molecule has 1 atom stereocenters. The monoisotopic (exact) mass is 168 g/mol. The predicted octanol–water partition coefficient (Wildman–Crippen LogP) is 1.68. The van der Waals surface area contributed by atoms with Gasteiger partial charge in [-0.25, -0.2) is 4.98 Å². The molecule has 0 saturated carbocycles. The number of fused-ring (bicyclic) bond motifs is 1. The number of rotatable bonds is 0. The Morgan fingerprint density at radius 2 is 2.36 bits per heavy atom. The minimum atomic E-state index is 0.176. The van der Waals surface area contributed by atoms with E-state index in [1.165, 1.54) is 0 Å². The average Bonchev–Trinajstić information content (AvgIpc) is 2.32. The van der Waals surface area contributed by atoms with Gasteiger partial charge in [0.25, 0.3) is 0 Å². The molecule has 11 heavy (non-hydrogen) atoms. The maximum Gasteiger partial charge on any atom is 0.129 e. The molecule has 2 rings (SSSR count). The van der Waals surface area contributed by atoms with Crippen LogP contribution in [0.1, 0.15) is 23.7 Å². The van der Waals surface area contributed by atoms with Crippen LogP contribution in [0.5, 0.6) is 0 Å². The van der Waals surface area contributed by atoms with Crippen LogP contribution in [0.25, 0.3) is 0 Å². The van der Waals surface area contributed by atoms with E-state index in [1.807, 2.05) is 6.07 Å². The molecule has 0 saturated heterocycles. The maximum atomic E-state index is 5.81. The highest BCUT2D eigenvalue weighted by Crippen LogP contribution is 2.28. The molecule has 0 aromatic carbocycles. The molecule has 0 bridgehead atoms. The number of hydrogen-bond donors (Lipinski definition) is 1. The van der Waals surface area contributed by atoms with E-state index in [-0.39, 0.29) is 6.04 Å². The molecular weight excluding hydrogens is 160 g/mol. The lowest BCUT2D eigenvalue weighted by Gasteiger charge is -2.02. The van der Waals surface area contributed by atoms with Crippen molar-refractivity contribution in [2.75, 3.05) is 0 Å². The third-order valence-electron chi connectivity index (χ3n) is 2.07. The fraction of sp³-hybridized carbons (Fsp3) is 0.375. The smallest absolute Gasteiger partial charge is 0.129 e. The number of pyridine rings is 1. The van der Waals surface area contributed by atoms with Crippen molar-refractivity contribution in [2.45, 2.75) is 18.9 Å². The second kappa shape index (κ2) is 2.47. The SMILES string of the molecule is NC1CCc2nc(Cl)ccc21. The summed E-state index contributed by atoms with van der Waals surface area (Å²) in [7, 11) is 0. The van der Waals surface area contributed by atoms with Crippen molar-refractivity contribution >= 4 is 11.6 Å². The van der Waals surface area contributed by atoms with E-state index in [4.69, 9.17) is 17.3 Å². The Kier molecular flexibility index (Phi) is 1.59. The van der Waals surface area contributed by atoms with Gasteiger partial charge in [0.1, 0.15) is 5.15 Å². The van der Waals surface area contributed by atoms with Crippen molar-refractivity contribution in [3.8, 4) is 0 Å². The van der Waals surface area contributed by atoms with E-state index in [1.54, 1.807) is 6.07 Å². The molecule has 2 nitrogen and oxygen atoms in total. The van der Waals surface area contributed by atoms with Gasteiger partial charge in [0, 0.05) is 11.7 Å². The van der Waals surface area contributed by atoms with Crippen molar-refractivity contribution in [3.05, 3.63) is 28.5 Å². The lowest BCUT2D eigenvalue weighted by atomic mass is 10.2. The Morgan fingerprint density at radius 3 is 3.18 bits per heavy atom. The molecule has 0 fully saturated rings. The molecule has 0 spiro atoms. The third kappa shape index (κ3) is 1.12. The second-order valence-corrected chi connectivity index (χ2v) is 3.20. The Labute approximate surface area is 70.4 Å². The minimum Gasteiger partial charge on any atom is -0.324 e. The molecule has 0 aliphatic heterocycles. The minimum absolute atomic E-state index is 0.176. The summed E-state index contributed by atoms with van der Waals surface area (Å²) in [6, 6.07) is 3.95. The highest BCUT2D eigenvalue weighted by Gasteiger charge is 2.19. The van der Waals surface area contributed by atoms with E-state index in [9.17, 15) is 0 Å². The van der Waals surface area contributed by atoms with E-state index in [0.717, 1.165) is 24.1 Å². The molecule has 1 aliphatic rings. The highest BCUT2D eigenvalue weighted by molar-refractivity contribution is 6.29. The summed E-state index contributed by atoms with van der Waals surface area (Å²) in [5.74, 6) is 0. The van der Waals surface area contributed by atoms with E-state index >= 15 is 0 Å². The Balaban J connectivity index is 2.50. The van der Waals surface area contributed by atoms with Crippen molar-refractivity contribution in [1.29, 1.82) is 0 Å². The van der Waals surface area contributed by atoms with Gasteiger partial charge in [-0.05, 0) is 24.5 Å². The van der Waals surface area contributed by atoms with Crippen LogP contribution in [0.2, 0.25) is 5.15 Å². The molecule has 1 unspecified atom stereocenters. The van der Waals surface area contributed by atoms with Crippen LogP contribution >= 0.6 is 11.6 Å². The lowest BCUT2D eigenvalue weighted by Crippen LogP contribution is -2.05. The van der Waals surface area contributed by atoms with Crippen LogP contribution in [0.15, 0.2) is 12.1 Å². The largest absolute Gasteiger partial charge is 0.324 e. The standard InChI is InChI=1S/C8H9ClN2/c9-8-4-1-5-6(10)2-3-7(5)11-8/h1,4,6H,2-3,10H2. The van der Waals surface area contributed by atoms with Gasteiger partial charge < -0.3 is 5.73 Å². The molecule has 2 N–H and O–H groups in total. The summed E-state index contributed by atoms with van der Waals surface area (Å²) in [4.78, 5) is 4.19. The molecular formula is C8H9ClN2. The zero-order valence-corrected chi connectivity index (χ0v) is 6.80. The van der Waals surface area contributed by atoms with Gasteiger partial charge in [-0.3, -0.25) is 0 Å². The van der Waals surface area contributed by atoms with E-state index in [0.29, 0.717) is 5.15 Å². The summed E-state index contributed by atoms with van der Waals surface area (Å²) in [5, 5.41) is 0.567. The third-order valence-corrected chi connectivity index (χ3v) is 2.28. The molecule has 0 radical (unpaired) electrons. The summed E-state index contributed by atoms with van der Waals surface area (Å²) < 4.78 is 0. The fourth-order valence-corrected chi connectivity index (χ4v) is 1.64. The van der Waals surface area contributed by atoms with Gasteiger partial charge in [-0.1, -0.05) is 17.7 Å². The van der Waals surface area contributed by atoms with Crippen molar-refractivity contribution in [3.63, 3.8) is 0 Å². The molecule has 1 heterocycles. The summed E-state index contributed by atoms with van der Waals surface area (Å²) in [5.41, 5.74) is 8.05. The lowest BCUT2D eigenvalue weighted by molar-refractivity contribution is 0.712. The van der Waals surface area contributed by atoms with Gasteiger partial charge >= 0.3 is 0 Å². The first-order chi connectivity index (χ1) is 5.27. The Hall–Kier alpha value is -0.600. The zero-order valence-electron chi connectivity index (χ0n) is 6.05. The molecule has 58 valence electrons. The Morgan fingerprint density at radius 1 is 1.55 bits per heavy atom. The highest BCUT2D eigenvalue weighted by atomic mass is 35.5. The number of nitrogens with two attached hydrogens (primary N) is 1. The second-order valence-electron chi connectivity index (χ2n) is 2.82. The molecule has 1 aliphatic carbocycles. The first-order valence-corrected chi connectivity index (χ1v) is 4.06. The van der Waals surface area contributed by atoms with E-state index in [2.05, 4.69) is 4.98 Å². The van der Waals surface area contributed by atoms with E-state index < -0.39 is 0 Å². The first kappa shape index (κ1) is 7.07. The van der Waals surface area contributed by atoms with Gasteiger partial charge in [-0.2, -0.15) is 0 Å². The molecule has 1 aromatic heterocycles. The number of halogens is 1. The van der Waals surface area contributed by atoms with Gasteiger partial charge in [-0.15, -0.1) is 0 Å². The quantitative estimate of drug-likeness (QED) is 0.599. The average molecular weight is 169 g/mol. The Bertz CT molecular complexity index is 285. The number of hydrogen-bond acceptors (Lipinski definition) is 2. The van der Waals surface area contributed by atoms with Gasteiger partial charge in [0.2, 0.25) is 0 Å². The fourth-order valence-electron chi connectivity index (χ4n) is 1.47. The topological polar surface area (TPSA) is 38.9 Å². The number of nitrogens with zero attached hydrogens (tertiary/aromatic N) is 1. The van der Waals surface area contributed by atoms with Crippen LogP contribution in [-0.4, -0.2) is 4.98 Å². The van der Waals surface area contributed by atoms with Crippen LogP contribution in [-0.2, 0) is 6.42 Å². The van der Waals surface area contributed by atoms with Gasteiger partial charge in [0.05, 0.1) is 0 Å². The predicted molar refractivity (Wildman–Crippen MR) is 44.5 cm³/mol. The van der Waals surface area contributed by atoms with Crippen molar-refractivity contribution in [2.24, 2.45) is 5.73 Å².